The van der Waals surface area contributed by atoms with Crippen molar-refractivity contribution >= 4 is 43.6 Å². The molecule has 292 valence electrons. The molecule has 0 unspecified atom stereocenters. The molecule has 0 atom stereocenters. The van der Waals surface area contributed by atoms with E-state index >= 15 is 0 Å². The SMILES string of the molecule is C=CC.Cc1ccccc1-c1c(-c2ccc3c(c2)c2ccccc2n3-c2cc(-c3ccccc3)nc(-c3ccccc3)n2)cc2c3ccccc3n(-c3ccccc3)c2c1C. The van der Waals surface area contributed by atoms with E-state index in [-0.39, 0.29) is 0 Å². The molecule has 4 nitrogen and oxygen atoms in total. The summed E-state index contributed by atoms with van der Waals surface area (Å²) in [6.45, 7) is 9.78. The molecular formula is C57H44N4. The van der Waals surface area contributed by atoms with E-state index < -0.39 is 0 Å². The molecule has 0 spiro atoms. The van der Waals surface area contributed by atoms with Crippen molar-refractivity contribution < 1.29 is 0 Å². The van der Waals surface area contributed by atoms with Gasteiger partial charge in [-0.05, 0) is 96.6 Å². The average molecular weight is 785 g/mol. The number of fused-ring (bicyclic) bond motifs is 6. The van der Waals surface area contributed by atoms with Crippen molar-refractivity contribution in [1.82, 2.24) is 19.1 Å². The van der Waals surface area contributed by atoms with Gasteiger partial charge < -0.3 is 4.57 Å². The third-order valence-corrected chi connectivity index (χ3v) is 11.7. The zero-order valence-electron chi connectivity index (χ0n) is 34.5. The summed E-state index contributed by atoms with van der Waals surface area (Å²) < 4.78 is 4.75. The van der Waals surface area contributed by atoms with Crippen LogP contribution in [0.5, 0.6) is 0 Å². The maximum absolute atomic E-state index is 5.27. The first-order valence-electron chi connectivity index (χ1n) is 20.8. The lowest BCUT2D eigenvalue weighted by Gasteiger charge is -2.19. The van der Waals surface area contributed by atoms with Crippen LogP contribution in [0.2, 0.25) is 0 Å². The molecule has 11 aromatic rings. The van der Waals surface area contributed by atoms with Crippen LogP contribution in [0, 0.1) is 13.8 Å². The number of aromatic nitrogens is 4. The summed E-state index contributed by atoms with van der Waals surface area (Å²) in [6.07, 6.45) is 1.75. The first kappa shape index (κ1) is 37.5. The number of nitrogens with zero attached hydrogens (tertiary/aromatic N) is 4. The molecule has 0 aliphatic heterocycles. The quantitative estimate of drug-likeness (QED) is 0.157. The van der Waals surface area contributed by atoms with Gasteiger partial charge in [0.1, 0.15) is 5.82 Å². The lowest BCUT2D eigenvalue weighted by molar-refractivity contribution is 1.05. The van der Waals surface area contributed by atoms with E-state index in [1.807, 2.05) is 31.2 Å². The molecule has 0 aliphatic rings. The molecule has 3 heterocycles. The van der Waals surface area contributed by atoms with Gasteiger partial charge in [0.2, 0.25) is 0 Å². The van der Waals surface area contributed by atoms with Crippen molar-refractivity contribution in [3.8, 4) is 56.4 Å². The number of allylic oxidation sites excluding steroid dienone is 1. The maximum Gasteiger partial charge on any atom is 0.162 e. The van der Waals surface area contributed by atoms with Gasteiger partial charge in [0, 0.05) is 44.4 Å². The molecule has 0 aliphatic carbocycles. The molecule has 61 heavy (non-hydrogen) atoms. The van der Waals surface area contributed by atoms with Gasteiger partial charge in [-0.2, -0.15) is 0 Å². The van der Waals surface area contributed by atoms with Crippen molar-refractivity contribution in [2.75, 3.05) is 0 Å². The minimum Gasteiger partial charge on any atom is -0.309 e. The summed E-state index contributed by atoms with van der Waals surface area (Å²) in [4.78, 5) is 10.4. The third kappa shape index (κ3) is 6.50. The van der Waals surface area contributed by atoms with Gasteiger partial charge in [0.25, 0.3) is 0 Å². The number of hydrogen-bond donors (Lipinski definition) is 0. The van der Waals surface area contributed by atoms with Gasteiger partial charge in [-0.1, -0.05) is 152 Å². The fourth-order valence-electron chi connectivity index (χ4n) is 9.00. The Morgan fingerprint density at radius 2 is 1.02 bits per heavy atom. The van der Waals surface area contributed by atoms with Crippen LogP contribution in [0.3, 0.4) is 0 Å². The predicted octanol–water partition coefficient (Wildman–Crippen LogP) is 15.1. The zero-order valence-corrected chi connectivity index (χ0v) is 34.5. The van der Waals surface area contributed by atoms with Crippen LogP contribution >= 0.6 is 0 Å². The highest BCUT2D eigenvalue weighted by atomic mass is 15.1. The number of aryl methyl sites for hydroxylation is 2. The smallest absolute Gasteiger partial charge is 0.162 e. The van der Waals surface area contributed by atoms with Crippen LogP contribution in [0.4, 0.5) is 0 Å². The van der Waals surface area contributed by atoms with Gasteiger partial charge in [-0.3, -0.25) is 4.57 Å². The molecule has 0 N–H and O–H groups in total. The summed E-state index contributed by atoms with van der Waals surface area (Å²) >= 11 is 0. The molecule has 0 saturated heterocycles. The van der Waals surface area contributed by atoms with Crippen molar-refractivity contribution in [3.63, 3.8) is 0 Å². The van der Waals surface area contributed by atoms with Gasteiger partial charge in [0.15, 0.2) is 5.82 Å². The second kappa shape index (κ2) is 15.7. The van der Waals surface area contributed by atoms with E-state index in [1.165, 1.54) is 66.0 Å². The van der Waals surface area contributed by atoms with Crippen LogP contribution in [0.1, 0.15) is 18.1 Å². The Bertz CT molecular complexity index is 3340. The van der Waals surface area contributed by atoms with Crippen molar-refractivity contribution in [3.05, 3.63) is 218 Å². The largest absolute Gasteiger partial charge is 0.309 e. The molecule has 0 amide bonds. The van der Waals surface area contributed by atoms with E-state index in [0.717, 1.165) is 39.4 Å². The Morgan fingerprint density at radius 1 is 0.459 bits per heavy atom. The van der Waals surface area contributed by atoms with Crippen LogP contribution < -0.4 is 0 Å². The normalized spacial score (nSPS) is 11.3. The third-order valence-electron chi connectivity index (χ3n) is 11.7. The monoisotopic (exact) mass is 784 g/mol. The van der Waals surface area contributed by atoms with Crippen molar-refractivity contribution in [1.29, 1.82) is 0 Å². The van der Waals surface area contributed by atoms with E-state index in [1.54, 1.807) is 6.08 Å². The molecule has 0 saturated carbocycles. The Morgan fingerprint density at radius 3 is 1.70 bits per heavy atom. The number of benzene rings is 8. The molecular weight excluding hydrogens is 741 g/mol. The standard InChI is InChI=1S/C54H38N4.C3H6/c1-35-18-12-13-25-41(35)52-36(2)53-46(43-27-15-16-28-48(43)57(53)40-23-10-5-11-24-40)33-44(52)39-30-31-50-45(32-39)42-26-14-17-29-49(42)58(50)51-34-47(37-19-6-3-7-20-37)55-54(56-51)38-21-8-4-9-22-38;1-3-2/h3-34H,1-2H3;3H,1H2,2H3. The molecule has 0 bridgehead atoms. The minimum atomic E-state index is 0.695. The summed E-state index contributed by atoms with van der Waals surface area (Å²) in [5, 5.41) is 4.84. The lowest BCUT2D eigenvalue weighted by Crippen LogP contribution is -2.02. The molecule has 8 aromatic carbocycles. The predicted molar refractivity (Wildman–Crippen MR) is 258 cm³/mol. The summed E-state index contributed by atoms with van der Waals surface area (Å²) in [7, 11) is 0. The van der Waals surface area contributed by atoms with Crippen LogP contribution in [-0.4, -0.2) is 19.1 Å². The first-order chi connectivity index (χ1) is 30.0. The van der Waals surface area contributed by atoms with Gasteiger partial charge in [0.05, 0.1) is 27.8 Å². The molecule has 0 radical (unpaired) electrons. The lowest BCUT2D eigenvalue weighted by atomic mass is 9.86. The molecule has 4 heteroatoms. The van der Waals surface area contributed by atoms with Crippen molar-refractivity contribution in [2.45, 2.75) is 20.8 Å². The summed E-state index contributed by atoms with van der Waals surface area (Å²) in [6, 6.07) is 69.2. The molecule has 3 aromatic heterocycles. The van der Waals surface area contributed by atoms with E-state index in [9.17, 15) is 0 Å². The molecule has 11 rings (SSSR count). The fourth-order valence-corrected chi connectivity index (χ4v) is 9.00. The number of hydrogen-bond acceptors (Lipinski definition) is 2. The van der Waals surface area contributed by atoms with Crippen LogP contribution in [-0.2, 0) is 0 Å². The Hall–Kier alpha value is -7.82. The second-order valence-electron chi connectivity index (χ2n) is 15.5. The highest BCUT2D eigenvalue weighted by Crippen LogP contribution is 2.46. The Balaban J connectivity index is 0.00000144. The van der Waals surface area contributed by atoms with Gasteiger partial charge in [-0.25, -0.2) is 9.97 Å². The molecule has 0 fully saturated rings. The van der Waals surface area contributed by atoms with Gasteiger partial charge >= 0.3 is 0 Å². The first-order valence-corrected chi connectivity index (χ1v) is 20.8. The second-order valence-corrected chi connectivity index (χ2v) is 15.5. The van der Waals surface area contributed by atoms with Crippen LogP contribution in [0.25, 0.3) is 100 Å². The topological polar surface area (TPSA) is 35.6 Å². The van der Waals surface area contributed by atoms with Crippen LogP contribution in [0.15, 0.2) is 207 Å². The Kier molecular flexibility index (Phi) is 9.66. The highest BCUT2D eigenvalue weighted by Gasteiger charge is 2.23. The van der Waals surface area contributed by atoms with E-state index in [2.05, 4.69) is 199 Å². The van der Waals surface area contributed by atoms with E-state index in [4.69, 9.17) is 9.97 Å². The maximum atomic E-state index is 5.27. The average Bonchev–Trinajstić information content (AvgIpc) is 3.83. The minimum absolute atomic E-state index is 0.695. The number of para-hydroxylation sites is 3. The summed E-state index contributed by atoms with van der Waals surface area (Å²) in [5.41, 5.74) is 16.1. The highest BCUT2D eigenvalue weighted by molar-refractivity contribution is 6.15. The number of rotatable bonds is 6. The van der Waals surface area contributed by atoms with Gasteiger partial charge in [-0.15, -0.1) is 6.58 Å². The zero-order chi connectivity index (χ0) is 41.5. The van der Waals surface area contributed by atoms with Crippen molar-refractivity contribution in [2.24, 2.45) is 0 Å². The fraction of sp³-hybridized carbons (Fsp3) is 0.0526. The van der Waals surface area contributed by atoms with E-state index in [0.29, 0.717) is 5.82 Å². The Labute approximate surface area is 356 Å². The summed E-state index contributed by atoms with van der Waals surface area (Å²) in [5.74, 6) is 1.53.